The number of benzene rings is 2. The molecule has 7 heteroatoms. The summed E-state index contributed by atoms with van der Waals surface area (Å²) >= 11 is 5.96. The van der Waals surface area contributed by atoms with Crippen molar-refractivity contribution in [2.45, 2.75) is 6.92 Å². The average molecular weight is 337 g/mol. The van der Waals surface area contributed by atoms with E-state index >= 15 is 0 Å². The van der Waals surface area contributed by atoms with Crippen molar-refractivity contribution in [3.63, 3.8) is 0 Å². The molecule has 1 heterocycles. The molecule has 0 saturated heterocycles. The molecule has 0 aliphatic rings. The Morgan fingerprint density at radius 1 is 1.08 bits per heavy atom. The molecule has 2 aromatic carbocycles. The van der Waals surface area contributed by atoms with E-state index in [0.29, 0.717) is 22.4 Å². The van der Waals surface area contributed by atoms with E-state index in [0.717, 1.165) is 16.9 Å². The first-order valence-electron chi connectivity index (χ1n) is 7.14. The maximum Gasteiger partial charge on any atom is 0.249 e. The summed E-state index contributed by atoms with van der Waals surface area (Å²) in [6, 6.07) is 14.6. The third-order valence-corrected chi connectivity index (χ3v) is 3.52. The Kier molecular flexibility index (Phi) is 4.54. The molecular weight excluding hydrogens is 324 g/mol. The molecule has 2 N–H and O–H groups in total. The van der Waals surface area contributed by atoms with Gasteiger partial charge in [0.25, 0.3) is 0 Å². The molecule has 0 aliphatic carbocycles. The zero-order chi connectivity index (χ0) is 16.9. The summed E-state index contributed by atoms with van der Waals surface area (Å²) in [7, 11) is 0. The molecule has 1 aromatic heterocycles. The van der Waals surface area contributed by atoms with E-state index in [-0.39, 0.29) is 0 Å². The second kappa shape index (κ2) is 6.94. The van der Waals surface area contributed by atoms with Crippen LogP contribution in [-0.2, 0) is 0 Å². The van der Waals surface area contributed by atoms with Crippen LogP contribution in [0.5, 0.6) is 0 Å². The molecule has 24 heavy (non-hydrogen) atoms. The van der Waals surface area contributed by atoms with E-state index in [1.807, 2.05) is 19.1 Å². The minimum Gasteiger partial charge on any atom is -0.339 e. The number of nitrogens with zero attached hydrogens (tertiary/aromatic N) is 4. The monoisotopic (exact) mass is 336 g/mol. The van der Waals surface area contributed by atoms with Gasteiger partial charge in [-0.3, -0.25) is 0 Å². The normalized spacial score (nSPS) is 10.0. The topological polar surface area (TPSA) is 86.5 Å². The molecule has 0 aliphatic heterocycles. The molecule has 0 radical (unpaired) electrons. The Morgan fingerprint density at radius 2 is 1.88 bits per heavy atom. The van der Waals surface area contributed by atoms with Crippen LogP contribution in [0.2, 0.25) is 5.02 Å². The average Bonchev–Trinajstić information content (AvgIpc) is 2.58. The highest BCUT2D eigenvalue weighted by atomic mass is 35.5. The molecular formula is C17H13ClN6. The Morgan fingerprint density at radius 3 is 2.58 bits per heavy atom. The number of nitrogens with one attached hydrogen (secondary N) is 2. The fourth-order valence-electron chi connectivity index (χ4n) is 2.08. The third kappa shape index (κ3) is 3.77. The van der Waals surface area contributed by atoms with Crippen LogP contribution in [0, 0.1) is 18.3 Å². The van der Waals surface area contributed by atoms with Gasteiger partial charge in [-0.15, -0.1) is 5.10 Å². The van der Waals surface area contributed by atoms with Crippen LogP contribution in [0.4, 0.5) is 23.1 Å². The van der Waals surface area contributed by atoms with Crippen LogP contribution in [0.25, 0.3) is 0 Å². The van der Waals surface area contributed by atoms with Gasteiger partial charge in [0.2, 0.25) is 5.95 Å². The van der Waals surface area contributed by atoms with Crippen LogP contribution in [-0.4, -0.2) is 15.2 Å². The number of aryl methyl sites for hydroxylation is 1. The van der Waals surface area contributed by atoms with Crippen molar-refractivity contribution in [3.05, 3.63) is 64.8 Å². The minimum atomic E-state index is 0.358. The summed E-state index contributed by atoms with van der Waals surface area (Å²) in [6.07, 6.45) is 1.54. The second-order valence-corrected chi connectivity index (χ2v) is 5.50. The first kappa shape index (κ1) is 15.7. The number of aromatic nitrogens is 3. The highest BCUT2D eigenvalue weighted by molar-refractivity contribution is 6.30. The first-order valence-corrected chi connectivity index (χ1v) is 7.52. The quantitative estimate of drug-likeness (QED) is 0.742. The van der Waals surface area contributed by atoms with Crippen LogP contribution >= 0.6 is 11.6 Å². The van der Waals surface area contributed by atoms with Gasteiger partial charge < -0.3 is 10.6 Å². The van der Waals surface area contributed by atoms with Gasteiger partial charge in [0.05, 0.1) is 17.8 Å². The van der Waals surface area contributed by atoms with Gasteiger partial charge in [-0.05, 0) is 55.0 Å². The lowest BCUT2D eigenvalue weighted by Gasteiger charge is -2.10. The van der Waals surface area contributed by atoms with E-state index in [4.69, 9.17) is 16.9 Å². The van der Waals surface area contributed by atoms with Crippen molar-refractivity contribution in [3.8, 4) is 6.07 Å². The molecule has 0 unspecified atom stereocenters. The second-order valence-electron chi connectivity index (χ2n) is 5.06. The van der Waals surface area contributed by atoms with Crippen LogP contribution in [0.3, 0.4) is 0 Å². The first-order chi connectivity index (χ1) is 11.6. The van der Waals surface area contributed by atoms with Gasteiger partial charge in [-0.2, -0.15) is 15.3 Å². The number of hydrogen-bond donors (Lipinski definition) is 2. The zero-order valence-electron chi connectivity index (χ0n) is 12.8. The number of rotatable bonds is 4. The largest absolute Gasteiger partial charge is 0.339 e. The van der Waals surface area contributed by atoms with E-state index in [2.05, 4.69) is 31.9 Å². The molecule has 0 amide bonds. The van der Waals surface area contributed by atoms with Crippen molar-refractivity contribution in [2.75, 3.05) is 10.6 Å². The van der Waals surface area contributed by atoms with Crippen LogP contribution < -0.4 is 10.6 Å². The number of halogens is 1. The highest BCUT2D eigenvalue weighted by Gasteiger charge is 2.04. The van der Waals surface area contributed by atoms with E-state index in [1.54, 1.807) is 30.3 Å². The maximum atomic E-state index is 8.81. The van der Waals surface area contributed by atoms with E-state index in [1.165, 1.54) is 6.20 Å². The Balaban J connectivity index is 1.77. The summed E-state index contributed by atoms with van der Waals surface area (Å²) in [5.74, 6) is 0.919. The molecule has 0 saturated carbocycles. The van der Waals surface area contributed by atoms with E-state index in [9.17, 15) is 0 Å². The minimum absolute atomic E-state index is 0.358. The summed E-state index contributed by atoms with van der Waals surface area (Å²) < 4.78 is 0. The number of hydrogen-bond acceptors (Lipinski definition) is 6. The lowest BCUT2D eigenvalue weighted by Crippen LogP contribution is -2.03. The summed E-state index contributed by atoms with van der Waals surface area (Å²) in [4.78, 5) is 4.38. The Hall–Kier alpha value is -3.17. The number of anilines is 4. The van der Waals surface area contributed by atoms with Gasteiger partial charge in [0.1, 0.15) is 0 Å². The van der Waals surface area contributed by atoms with Crippen molar-refractivity contribution in [2.24, 2.45) is 0 Å². The van der Waals surface area contributed by atoms with Crippen molar-refractivity contribution < 1.29 is 0 Å². The number of nitriles is 1. The predicted octanol–water partition coefficient (Wildman–Crippen LogP) is 4.19. The highest BCUT2D eigenvalue weighted by Crippen LogP contribution is 2.23. The summed E-state index contributed by atoms with van der Waals surface area (Å²) in [5, 5.41) is 23.6. The summed E-state index contributed by atoms with van der Waals surface area (Å²) in [6.45, 7) is 1.96. The standard InChI is InChI=1S/C17H13ClN6/c1-11-8-13(18)4-7-15(11)22-16-10-20-24-17(23-16)21-14-5-2-12(9-19)3-6-14/h2-8,10H,1H3,(H2,21,22,23,24). The van der Waals surface area contributed by atoms with Crippen molar-refractivity contribution in [1.29, 1.82) is 5.26 Å². The van der Waals surface area contributed by atoms with Crippen LogP contribution in [0.15, 0.2) is 48.7 Å². The Labute approximate surface area is 144 Å². The van der Waals surface area contributed by atoms with Gasteiger partial charge in [0.15, 0.2) is 5.82 Å². The predicted molar refractivity (Wildman–Crippen MR) is 93.7 cm³/mol. The molecule has 6 nitrogen and oxygen atoms in total. The SMILES string of the molecule is Cc1cc(Cl)ccc1Nc1cnnc(Nc2ccc(C#N)cc2)n1. The summed E-state index contributed by atoms with van der Waals surface area (Å²) in [5.41, 5.74) is 3.26. The van der Waals surface area contributed by atoms with Gasteiger partial charge in [-0.25, -0.2) is 0 Å². The Bertz CT molecular complexity index is 902. The fourth-order valence-corrected chi connectivity index (χ4v) is 2.31. The van der Waals surface area contributed by atoms with Gasteiger partial charge in [-0.1, -0.05) is 11.6 Å². The van der Waals surface area contributed by atoms with Crippen LogP contribution in [0.1, 0.15) is 11.1 Å². The molecule has 0 spiro atoms. The van der Waals surface area contributed by atoms with Gasteiger partial charge in [0, 0.05) is 16.4 Å². The van der Waals surface area contributed by atoms with Crippen molar-refractivity contribution in [1.82, 2.24) is 15.2 Å². The van der Waals surface area contributed by atoms with Crippen molar-refractivity contribution >= 4 is 34.7 Å². The maximum absolute atomic E-state index is 8.81. The molecule has 3 aromatic rings. The lowest BCUT2D eigenvalue weighted by molar-refractivity contribution is 0.982. The molecule has 0 fully saturated rings. The lowest BCUT2D eigenvalue weighted by atomic mass is 10.2. The van der Waals surface area contributed by atoms with E-state index < -0.39 is 0 Å². The molecule has 0 atom stereocenters. The molecule has 0 bridgehead atoms. The molecule has 118 valence electrons. The smallest absolute Gasteiger partial charge is 0.249 e. The zero-order valence-corrected chi connectivity index (χ0v) is 13.5. The van der Waals surface area contributed by atoms with Gasteiger partial charge >= 0.3 is 0 Å². The fraction of sp³-hybridized carbons (Fsp3) is 0.0588. The molecule has 3 rings (SSSR count). The third-order valence-electron chi connectivity index (χ3n) is 3.28.